The molecule has 3 aromatic rings. The van der Waals surface area contributed by atoms with E-state index in [0.717, 1.165) is 23.7 Å². The van der Waals surface area contributed by atoms with Crippen LogP contribution in [-0.2, 0) is 13.0 Å². The van der Waals surface area contributed by atoms with Gasteiger partial charge in [-0.1, -0.05) is 5.16 Å². The molecule has 126 valence electrons. The van der Waals surface area contributed by atoms with E-state index in [1.807, 2.05) is 18.4 Å². The van der Waals surface area contributed by atoms with Crippen LogP contribution in [0, 0.1) is 12.8 Å². The van der Waals surface area contributed by atoms with Gasteiger partial charge < -0.3 is 9.63 Å². The summed E-state index contributed by atoms with van der Waals surface area (Å²) in [6.45, 7) is 3.76. The molecule has 8 heteroatoms. The number of hydrogen-bond donors (Lipinski definition) is 1. The van der Waals surface area contributed by atoms with Crippen molar-refractivity contribution in [2.45, 2.75) is 26.0 Å². The third-order valence-corrected chi connectivity index (χ3v) is 5.12. The van der Waals surface area contributed by atoms with E-state index in [1.54, 1.807) is 16.7 Å². The molecule has 1 N–H and O–H groups in total. The minimum Gasteiger partial charge on any atom is -0.391 e. The van der Waals surface area contributed by atoms with Crippen molar-refractivity contribution in [1.29, 1.82) is 0 Å². The zero-order valence-corrected chi connectivity index (χ0v) is 14.1. The second-order valence-corrected chi connectivity index (χ2v) is 7.17. The second kappa shape index (κ2) is 6.12. The lowest BCUT2D eigenvalue weighted by Crippen LogP contribution is -2.24. The summed E-state index contributed by atoms with van der Waals surface area (Å²) in [7, 11) is 0. The number of rotatable bonds is 4. The molecule has 0 amide bonds. The third kappa shape index (κ3) is 3.00. The average Bonchev–Trinajstić information content (AvgIpc) is 3.22. The van der Waals surface area contributed by atoms with Gasteiger partial charge in [0.05, 0.1) is 17.5 Å². The van der Waals surface area contributed by atoms with E-state index in [0.29, 0.717) is 24.5 Å². The highest BCUT2D eigenvalue weighted by Gasteiger charge is 2.32. The Bertz CT molecular complexity index is 915. The number of likely N-dealkylation sites (tertiary alicyclic amines) is 1. The van der Waals surface area contributed by atoms with Crippen LogP contribution < -0.4 is 5.56 Å². The maximum atomic E-state index is 12.0. The van der Waals surface area contributed by atoms with E-state index in [1.165, 1.54) is 11.3 Å². The van der Waals surface area contributed by atoms with E-state index >= 15 is 0 Å². The summed E-state index contributed by atoms with van der Waals surface area (Å²) in [5.41, 5.74) is 1.53. The van der Waals surface area contributed by atoms with E-state index in [4.69, 9.17) is 4.52 Å². The highest BCUT2D eigenvalue weighted by molar-refractivity contribution is 7.15. The van der Waals surface area contributed by atoms with Crippen molar-refractivity contribution in [1.82, 2.24) is 19.4 Å². The van der Waals surface area contributed by atoms with Gasteiger partial charge in [0.25, 0.3) is 5.56 Å². The molecule has 0 aliphatic carbocycles. The summed E-state index contributed by atoms with van der Waals surface area (Å²) in [5.74, 6) is 0.902. The number of aryl methyl sites for hydroxylation is 1. The normalized spacial score (nSPS) is 21.8. The van der Waals surface area contributed by atoms with Gasteiger partial charge in [0, 0.05) is 55.7 Å². The van der Waals surface area contributed by atoms with Crippen LogP contribution in [0.5, 0.6) is 0 Å². The number of aliphatic hydroxyl groups is 1. The lowest BCUT2D eigenvalue weighted by Gasteiger charge is -2.14. The van der Waals surface area contributed by atoms with Crippen LogP contribution in [0.15, 0.2) is 33.0 Å². The first-order valence-corrected chi connectivity index (χ1v) is 8.75. The predicted molar refractivity (Wildman–Crippen MR) is 89.1 cm³/mol. The van der Waals surface area contributed by atoms with Crippen molar-refractivity contribution in [2.75, 3.05) is 13.1 Å². The van der Waals surface area contributed by atoms with Gasteiger partial charge in [-0.05, 0) is 6.92 Å². The fraction of sp³-hybridized carbons (Fsp3) is 0.438. The highest BCUT2D eigenvalue weighted by atomic mass is 32.1. The Morgan fingerprint density at radius 3 is 3.08 bits per heavy atom. The first-order valence-electron chi connectivity index (χ1n) is 7.87. The van der Waals surface area contributed by atoms with Gasteiger partial charge in [-0.15, -0.1) is 11.3 Å². The zero-order valence-electron chi connectivity index (χ0n) is 13.3. The van der Waals surface area contributed by atoms with Crippen molar-refractivity contribution < 1.29 is 9.63 Å². The van der Waals surface area contributed by atoms with Gasteiger partial charge in [-0.25, -0.2) is 4.98 Å². The Hall–Kier alpha value is -2.03. The van der Waals surface area contributed by atoms with Crippen LogP contribution in [0.25, 0.3) is 4.96 Å². The molecule has 0 radical (unpaired) electrons. The number of β-amino-alcohol motifs (C(OH)–C–C–N with tert-alkyl or cyclic N) is 1. The minimum absolute atomic E-state index is 0.0651. The molecule has 7 nitrogen and oxygen atoms in total. The largest absolute Gasteiger partial charge is 0.391 e. The molecular weight excluding hydrogens is 328 g/mol. The van der Waals surface area contributed by atoms with Crippen LogP contribution >= 0.6 is 11.3 Å². The molecule has 1 saturated heterocycles. The molecular formula is C16H18N4O3S. The monoisotopic (exact) mass is 346 g/mol. The number of hydrogen-bond acceptors (Lipinski definition) is 7. The Balaban J connectivity index is 1.46. The number of aromatic nitrogens is 3. The van der Waals surface area contributed by atoms with Gasteiger partial charge in [0.15, 0.2) is 4.96 Å². The van der Waals surface area contributed by atoms with Crippen LogP contribution in [0.3, 0.4) is 0 Å². The highest BCUT2D eigenvalue weighted by Crippen LogP contribution is 2.23. The summed E-state index contributed by atoms with van der Waals surface area (Å²) in [6.07, 6.45) is 1.98. The Labute approximate surface area is 142 Å². The van der Waals surface area contributed by atoms with E-state index in [2.05, 4.69) is 15.0 Å². The summed E-state index contributed by atoms with van der Waals surface area (Å²) in [4.78, 5) is 19.4. The predicted octanol–water partition coefficient (Wildman–Crippen LogP) is 1.09. The van der Waals surface area contributed by atoms with Crippen LogP contribution in [0.4, 0.5) is 0 Å². The minimum atomic E-state index is -0.415. The molecule has 0 spiro atoms. The van der Waals surface area contributed by atoms with E-state index in [9.17, 15) is 9.90 Å². The standard InChI is InChI=1S/C16H18N4O3S/c1-10-4-13(23-18-10)5-11-7-19(9-14(11)21)8-12-6-15(22)20-2-3-24-16(20)17-12/h2-4,6,11,14,21H,5,7-9H2,1H3/t11-,14+/m1/s1. The van der Waals surface area contributed by atoms with Crippen molar-refractivity contribution in [3.05, 3.63) is 51.2 Å². The van der Waals surface area contributed by atoms with Crippen LogP contribution in [0.2, 0.25) is 0 Å². The zero-order chi connectivity index (χ0) is 16.7. The average molecular weight is 346 g/mol. The first-order chi connectivity index (χ1) is 11.6. The van der Waals surface area contributed by atoms with Gasteiger partial charge in [0.1, 0.15) is 5.76 Å². The van der Waals surface area contributed by atoms with Gasteiger partial charge in [0.2, 0.25) is 0 Å². The van der Waals surface area contributed by atoms with Gasteiger partial charge in [-0.3, -0.25) is 14.1 Å². The van der Waals surface area contributed by atoms with Gasteiger partial charge >= 0.3 is 0 Å². The molecule has 4 rings (SSSR count). The van der Waals surface area contributed by atoms with Gasteiger partial charge in [-0.2, -0.15) is 0 Å². The summed E-state index contributed by atoms with van der Waals surface area (Å²) in [6, 6.07) is 3.47. The quantitative estimate of drug-likeness (QED) is 0.761. The Morgan fingerprint density at radius 2 is 2.29 bits per heavy atom. The molecule has 0 aromatic carbocycles. The number of nitrogens with zero attached hydrogens (tertiary/aromatic N) is 4. The molecule has 0 saturated carbocycles. The van der Waals surface area contributed by atoms with Crippen LogP contribution in [0.1, 0.15) is 17.1 Å². The maximum absolute atomic E-state index is 12.0. The Kier molecular flexibility index (Phi) is 3.95. The topological polar surface area (TPSA) is 83.9 Å². The molecule has 0 unspecified atom stereocenters. The lowest BCUT2D eigenvalue weighted by molar-refractivity contribution is 0.137. The molecule has 4 heterocycles. The third-order valence-electron chi connectivity index (χ3n) is 4.36. The maximum Gasteiger partial charge on any atom is 0.258 e. The Morgan fingerprint density at radius 1 is 1.42 bits per heavy atom. The first kappa shape index (κ1) is 15.5. The molecule has 0 bridgehead atoms. The summed E-state index contributed by atoms with van der Waals surface area (Å²) in [5, 5.41) is 16.0. The SMILES string of the molecule is Cc1cc(C[C@@H]2CN(Cc3cc(=O)n4ccsc4n3)C[C@@H]2O)on1. The van der Waals surface area contributed by atoms with Crippen LogP contribution in [-0.4, -0.2) is 43.7 Å². The number of thiazole rings is 1. The molecule has 1 aliphatic rings. The number of fused-ring (bicyclic) bond motifs is 1. The van der Waals surface area contributed by atoms with Crippen molar-refractivity contribution in [3.63, 3.8) is 0 Å². The summed E-state index contributed by atoms with van der Waals surface area (Å²) >= 11 is 1.44. The van der Waals surface area contributed by atoms with E-state index in [-0.39, 0.29) is 11.5 Å². The fourth-order valence-electron chi connectivity index (χ4n) is 3.24. The molecule has 24 heavy (non-hydrogen) atoms. The van der Waals surface area contributed by atoms with Crippen molar-refractivity contribution in [2.24, 2.45) is 5.92 Å². The molecule has 2 atom stereocenters. The van der Waals surface area contributed by atoms with E-state index < -0.39 is 6.10 Å². The smallest absolute Gasteiger partial charge is 0.258 e. The molecule has 3 aromatic heterocycles. The summed E-state index contributed by atoms with van der Waals surface area (Å²) < 4.78 is 6.79. The molecule has 1 aliphatic heterocycles. The van der Waals surface area contributed by atoms with Crippen molar-refractivity contribution >= 4 is 16.3 Å². The number of aliphatic hydroxyl groups excluding tert-OH is 1. The molecule has 1 fully saturated rings. The second-order valence-electron chi connectivity index (χ2n) is 6.30. The lowest BCUT2D eigenvalue weighted by atomic mass is 10.0. The van der Waals surface area contributed by atoms with Crippen molar-refractivity contribution in [3.8, 4) is 0 Å². The fourth-order valence-corrected chi connectivity index (χ4v) is 3.98.